The van der Waals surface area contributed by atoms with E-state index in [2.05, 4.69) is 28.7 Å². The van der Waals surface area contributed by atoms with Gasteiger partial charge in [0.1, 0.15) is 11.6 Å². The lowest BCUT2D eigenvalue weighted by atomic mass is 10.1. The molecule has 2 N–H and O–H groups in total. The molecule has 6 heteroatoms. The van der Waals surface area contributed by atoms with E-state index in [4.69, 9.17) is 9.72 Å². The third-order valence-electron chi connectivity index (χ3n) is 6.41. The second kappa shape index (κ2) is 8.28. The molecule has 1 aliphatic rings. The summed E-state index contributed by atoms with van der Waals surface area (Å²) in [6, 6.07) is 15.6. The van der Waals surface area contributed by atoms with Crippen molar-refractivity contribution in [3.63, 3.8) is 0 Å². The van der Waals surface area contributed by atoms with E-state index >= 15 is 0 Å². The predicted octanol–water partition coefficient (Wildman–Crippen LogP) is 5.39. The van der Waals surface area contributed by atoms with Crippen molar-refractivity contribution in [3.05, 3.63) is 70.9 Å². The number of aromatic nitrogens is 3. The van der Waals surface area contributed by atoms with Crippen molar-refractivity contribution in [3.8, 4) is 11.4 Å². The zero-order valence-electron chi connectivity index (χ0n) is 18.7. The van der Waals surface area contributed by atoms with E-state index in [9.17, 15) is 4.79 Å². The number of carbonyl (C=O) groups excluding carboxylic acids is 1. The lowest BCUT2D eigenvalue weighted by Crippen LogP contribution is -2.21. The number of para-hydroxylation sites is 2. The number of nitrogens with zero attached hydrogens (tertiary/aromatic N) is 2. The molecule has 1 atom stereocenters. The van der Waals surface area contributed by atoms with Crippen LogP contribution in [0.1, 0.15) is 40.0 Å². The monoisotopic (exact) mass is 428 g/mol. The average Bonchev–Trinajstić information content (AvgIpc) is 3.50. The van der Waals surface area contributed by atoms with Gasteiger partial charge in [-0.25, -0.2) is 4.98 Å². The van der Waals surface area contributed by atoms with Gasteiger partial charge in [-0.05, 0) is 63.4 Å². The summed E-state index contributed by atoms with van der Waals surface area (Å²) in [6.45, 7) is 7.70. The van der Waals surface area contributed by atoms with E-state index in [0.717, 1.165) is 64.5 Å². The number of hydrogen-bond acceptors (Lipinski definition) is 3. The Balaban J connectivity index is 1.61. The molecule has 0 radical (unpaired) electrons. The number of ether oxygens (including phenoxy) is 1. The molecule has 2 aromatic heterocycles. The Bertz CT molecular complexity index is 1240. The molecule has 32 heavy (non-hydrogen) atoms. The quantitative estimate of drug-likeness (QED) is 0.448. The van der Waals surface area contributed by atoms with Gasteiger partial charge in [0.05, 0.1) is 29.2 Å². The summed E-state index contributed by atoms with van der Waals surface area (Å²) in [5, 5.41) is 3.20. The Hall–Kier alpha value is -3.38. The number of nitrogens with one attached hydrogen (secondary N) is 2. The van der Waals surface area contributed by atoms with Crippen molar-refractivity contribution in [2.24, 2.45) is 0 Å². The van der Waals surface area contributed by atoms with E-state index in [0.29, 0.717) is 12.1 Å². The second-order valence-electron chi connectivity index (χ2n) is 8.60. The summed E-state index contributed by atoms with van der Waals surface area (Å²) in [4.78, 5) is 21.5. The van der Waals surface area contributed by atoms with E-state index < -0.39 is 0 Å². The maximum atomic E-state index is 13.2. The van der Waals surface area contributed by atoms with Crippen LogP contribution in [0.5, 0.6) is 0 Å². The van der Waals surface area contributed by atoms with Crippen LogP contribution in [0.15, 0.2) is 48.5 Å². The predicted molar refractivity (Wildman–Crippen MR) is 127 cm³/mol. The molecule has 1 aliphatic heterocycles. The van der Waals surface area contributed by atoms with Gasteiger partial charge in [-0.1, -0.05) is 29.8 Å². The fourth-order valence-corrected chi connectivity index (χ4v) is 4.46. The zero-order valence-corrected chi connectivity index (χ0v) is 18.7. The minimum Gasteiger partial charge on any atom is -0.376 e. The molecule has 2 aromatic carbocycles. The summed E-state index contributed by atoms with van der Waals surface area (Å²) >= 11 is 0. The SMILES string of the molecule is Cc1ccc(C(=O)Nc2c(-c3nc4ccccc4[nH]3)c(C)c(C)n2C[C@@H]2CCCO2)cc1. The molecule has 0 aliphatic carbocycles. The third-order valence-corrected chi connectivity index (χ3v) is 6.41. The molecule has 1 saturated heterocycles. The highest BCUT2D eigenvalue weighted by molar-refractivity contribution is 6.06. The second-order valence-corrected chi connectivity index (χ2v) is 8.60. The number of carbonyl (C=O) groups is 1. The molecule has 6 nitrogen and oxygen atoms in total. The fraction of sp³-hybridized carbons (Fsp3) is 0.308. The van der Waals surface area contributed by atoms with Crippen molar-refractivity contribution in [2.45, 2.75) is 46.3 Å². The summed E-state index contributed by atoms with van der Waals surface area (Å²) in [5.41, 5.74) is 6.77. The average molecular weight is 429 g/mol. The maximum Gasteiger partial charge on any atom is 0.256 e. The first-order valence-corrected chi connectivity index (χ1v) is 11.2. The fourth-order valence-electron chi connectivity index (χ4n) is 4.46. The Labute approximate surface area is 187 Å². The van der Waals surface area contributed by atoms with Gasteiger partial charge in [0.25, 0.3) is 5.91 Å². The molecule has 1 fully saturated rings. The number of aromatic amines is 1. The highest BCUT2D eigenvalue weighted by atomic mass is 16.5. The van der Waals surface area contributed by atoms with Crippen LogP contribution in [0.2, 0.25) is 0 Å². The Morgan fingerprint density at radius 3 is 2.66 bits per heavy atom. The van der Waals surface area contributed by atoms with Crippen molar-refractivity contribution >= 4 is 22.8 Å². The topological polar surface area (TPSA) is 71.9 Å². The highest BCUT2D eigenvalue weighted by Crippen LogP contribution is 2.36. The van der Waals surface area contributed by atoms with Gasteiger partial charge in [-0.2, -0.15) is 0 Å². The van der Waals surface area contributed by atoms with Gasteiger partial charge < -0.3 is 19.6 Å². The molecule has 0 spiro atoms. The molecule has 4 aromatic rings. The first kappa shape index (κ1) is 20.5. The standard InChI is InChI=1S/C26H28N4O2/c1-16-10-12-19(13-11-16)26(31)29-25-23(24-27-21-8-4-5-9-22(21)28-24)17(2)18(3)30(25)15-20-7-6-14-32-20/h4-5,8-13,20H,6-7,14-15H2,1-3H3,(H,27,28)(H,29,31)/t20-/m0/s1. The highest BCUT2D eigenvalue weighted by Gasteiger charge is 2.26. The maximum absolute atomic E-state index is 13.2. The number of rotatable bonds is 5. The van der Waals surface area contributed by atoms with Crippen LogP contribution in [0.3, 0.4) is 0 Å². The minimum absolute atomic E-state index is 0.131. The summed E-state index contributed by atoms with van der Waals surface area (Å²) in [7, 11) is 0. The normalized spacial score (nSPS) is 16.0. The number of aryl methyl sites for hydroxylation is 1. The molecule has 1 amide bonds. The number of fused-ring (bicyclic) bond motifs is 1. The summed E-state index contributed by atoms with van der Waals surface area (Å²) in [5.74, 6) is 1.39. The largest absolute Gasteiger partial charge is 0.376 e. The minimum atomic E-state index is -0.131. The van der Waals surface area contributed by atoms with Gasteiger partial charge in [0, 0.05) is 17.9 Å². The zero-order chi connectivity index (χ0) is 22.2. The number of anilines is 1. The Morgan fingerprint density at radius 2 is 1.94 bits per heavy atom. The van der Waals surface area contributed by atoms with Crippen molar-refractivity contribution in [1.82, 2.24) is 14.5 Å². The molecule has 5 rings (SSSR count). The lowest BCUT2D eigenvalue weighted by molar-refractivity contribution is 0.0962. The van der Waals surface area contributed by atoms with Gasteiger partial charge >= 0.3 is 0 Å². The number of hydrogen-bond donors (Lipinski definition) is 2. The van der Waals surface area contributed by atoms with Gasteiger partial charge in [0.15, 0.2) is 0 Å². The molecule has 0 bridgehead atoms. The lowest BCUT2D eigenvalue weighted by Gasteiger charge is -2.17. The van der Waals surface area contributed by atoms with Crippen LogP contribution >= 0.6 is 0 Å². The van der Waals surface area contributed by atoms with Crippen molar-refractivity contribution < 1.29 is 9.53 Å². The molecule has 3 heterocycles. The number of H-pyrrole nitrogens is 1. The first-order valence-electron chi connectivity index (χ1n) is 11.2. The number of imidazole rings is 1. The van der Waals surface area contributed by atoms with E-state index in [-0.39, 0.29) is 12.0 Å². The van der Waals surface area contributed by atoms with Gasteiger partial charge in [-0.3, -0.25) is 4.79 Å². The van der Waals surface area contributed by atoms with Crippen LogP contribution in [0, 0.1) is 20.8 Å². The molecular weight excluding hydrogens is 400 g/mol. The van der Waals surface area contributed by atoms with Crippen LogP contribution < -0.4 is 5.32 Å². The Kier molecular flexibility index (Phi) is 5.31. The summed E-state index contributed by atoms with van der Waals surface area (Å²) < 4.78 is 8.10. The van der Waals surface area contributed by atoms with Crippen LogP contribution in [0.25, 0.3) is 22.4 Å². The number of amides is 1. The molecule has 0 unspecified atom stereocenters. The van der Waals surface area contributed by atoms with E-state index in [1.54, 1.807) is 0 Å². The van der Waals surface area contributed by atoms with E-state index in [1.807, 2.05) is 55.5 Å². The summed E-state index contributed by atoms with van der Waals surface area (Å²) in [6.07, 6.45) is 2.26. The molecular formula is C26H28N4O2. The Morgan fingerprint density at radius 1 is 1.16 bits per heavy atom. The first-order chi connectivity index (χ1) is 15.5. The van der Waals surface area contributed by atoms with Gasteiger partial charge in [0.2, 0.25) is 0 Å². The van der Waals surface area contributed by atoms with Crippen molar-refractivity contribution in [2.75, 3.05) is 11.9 Å². The molecule has 0 saturated carbocycles. The molecule has 164 valence electrons. The van der Waals surface area contributed by atoms with Crippen LogP contribution in [-0.4, -0.2) is 33.2 Å². The van der Waals surface area contributed by atoms with Gasteiger partial charge in [-0.15, -0.1) is 0 Å². The van der Waals surface area contributed by atoms with E-state index in [1.165, 1.54) is 0 Å². The smallest absolute Gasteiger partial charge is 0.256 e. The van der Waals surface area contributed by atoms with Crippen molar-refractivity contribution in [1.29, 1.82) is 0 Å². The third kappa shape index (κ3) is 3.71. The number of benzene rings is 2. The van der Waals surface area contributed by atoms with Crippen LogP contribution in [0.4, 0.5) is 5.82 Å². The van der Waals surface area contributed by atoms with Crippen LogP contribution in [-0.2, 0) is 11.3 Å².